The van der Waals surface area contributed by atoms with E-state index in [-0.39, 0.29) is 17.7 Å². The second-order valence-electron chi connectivity index (χ2n) is 9.05. The number of likely N-dealkylation sites (N-methyl/N-ethyl adjacent to an activating group) is 2. The van der Waals surface area contributed by atoms with E-state index in [1.807, 2.05) is 13.8 Å². The minimum absolute atomic E-state index is 0.250. The fraction of sp³-hybridized carbons (Fsp3) is 0.773. The van der Waals surface area contributed by atoms with Gasteiger partial charge in [0.15, 0.2) is 0 Å². The van der Waals surface area contributed by atoms with Crippen LogP contribution in [0.5, 0.6) is 0 Å². The van der Waals surface area contributed by atoms with Crippen molar-refractivity contribution in [1.29, 1.82) is 0 Å². The zero-order valence-electron chi connectivity index (χ0n) is 20.9. The highest BCUT2D eigenvalue weighted by Gasteiger charge is 2.39. The van der Waals surface area contributed by atoms with Crippen molar-refractivity contribution in [2.75, 3.05) is 14.1 Å². The average Bonchev–Trinajstić information content (AvgIpc) is 2.71. The highest BCUT2D eigenvalue weighted by Crippen LogP contribution is 2.22. The molecule has 0 aromatic heterocycles. The SMILES string of the molecule is C/C=C/C[C@@H](C)[C@@H](OS(=O)(=O)O)C(C=O)N(C)C(=O)[C@@H](NC(=O)[C@H](CC(C)C)NC)C(C)C. The van der Waals surface area contributed by atoms with Crippen LogP contribution in [0, 0.1) is 17.8 Å². The number of hydrogen-bond acceptors (Lipinski definition) is 7. The Morgan fingerprint density at radius 1 is 1.15 bits per heavy atom. The molecule has 2 amide bonds. The van der Waals surface area contributed by atoms with Crippen LogP contribution in [0.15, 0.2) is 12.2 Å². The van der Waals surface area contributed by atoms with Gasteiger partial charge in [0.2, 0.25) is 11.8 Å². The van der Waals surface area contributed by atoms with Gasteiger partial charge in [-0.25, -0.2) is 4.18 Å². The molecule has 10 nitrogen and oxygen atoms in total. The molecule has 33 heavy (non-hydrogen) atoms. The van der Waals surface area contributed by atoms with Crippen molar-refractivity contribution < 1.29 is 31.5 Å². The maximum Gasteiger partial charge on any atom is 0.397 e. The molecule has 0 aromatic rings. The average molecular weight is 492 g/mol. The summed E-state index contributed by atoms with van der Waals surface area (Å²) in [5.41, 5.74) is 0. The molecule has 0 heterocycles. The Morgan fingerprint density at radius 3 is 2.12 bits per heavy atom. The van der Waals surface area contributed by atoms with Crippen LogP contribution in [0.3, 0.4) is 0 Å². The molecule has 3 N–H and O–H groups in total. The number of nitrogens with one attached hydrogen (secondary N) is 2. The van der Waals surface area contributed by atoms with Gasteiger partial charge in [-0.05, 0) is 44.6 Å². The first kappa shape index (κ1) is 31.2. The van der Waals surface area contributed by atoms with Crippen LogP contribution in [0.25, 0.3) is 0 Å². The van der Waals surface area contributed by atoms with E-state index in [1.165, 1.54) is 7.05 Å². The molecule has 0 saturated carbocycles. The molecule has 0 fully saturated rings. The number of allylic oxidation sites excluding steroid dienone is 2. The first-order chi connectivity index (χ1) is 15.2. The summed E-state index contributed by atoms with van der Waals surface area (Å²) in [4.78, 5) is 39.1. The van der Waals surface area contributed by atoms with Crippen LogP contribution < -0.4 is 10.6 Å². The molecule has 0 aliphatic rings. The summed E-state index contributed by atoms with van der Waals surface area (Å²) in [5, 5.41) is 5.70. The Bertz CT molecular complexity index is 768. The number of carbonyl (C=O) groups excluding carboxylic acids is 3. The van der Waals surface area contributed by atoms with E-state index < -0.39 is 46.5 Å². The zero-order chi connectivity index (χ0) is 25.9. The number of nitrogens with zero attached hydrogens (tertiary/aromatic N) is 1. The molecular formula is C22H41N3O7S. The van der Waals surface area contributed by atoms with Crippen LogP contribution in [0.1, 0.15) is 54.4 Å². The summed E-state index contributed by atoms with van der Waals surface area (Å²) in [6.45, 7) is 10.9. The third-order valence-electron chi connectivity index (χ3n) is 5.41. The third kappa shape index (κ3) is 10.8. The Balaban J connectivity index is 5.89. The minimum Gasteiger partial charge on any atom is -0.343 e. The number of amides is 2. The molecule has 0 saturated heterocycles. The van der Waals surface area contributed by atoms with E-state index in [0.29, 0.717) is 19.1 Å². The van der Waals surface area contributed by atoms with Crippen LogP contribution in [-0.4, -0.2) is 74.3 Å². The molecule has 0 aromatic carbocycles. The molecule has 5 atom stereocenters. The Morgan fingerprint density at radius 2 is 1.73 bits per heavy atom. The van der Waals surface area contributed by atoms with Crippen LogP contribution in [0.2, 0.25) is 0 Å². The monoisotopic (exact) mass is 491 g/mol. The van der Waals surface area contributed by atoms with E-state index >= 15 is 0 Å². The minimum atomic E-state index is -4.89. The first-order valence-corrected chi connectivity index (χ1v) is 12.5. The quantitative estimate of drug-likeness (QED) is 0.178. The third-order valence-corrected chi connectivity index (χ3v) is 5.88. The molecule has 0 rings (SSSR count). The van der Waals surface area contributed by atoms with Crippen molar-refractivity contribution in [3.8, 4) is 0 Å². The van der Waals surface area contributed by atoms with Gasteiger partial charge in [0.1, 0.15) is 24.5 Å². The van der Waals surface area contributed by atoms with Gasteiger partial charge in [0.25, 0.3) is 0 Å². The lowest BCUT2D eigenvalue weighted by molar-refractivity contribution is -0.143. The predicted octanol–water partition coefficient (Wildman–Crippen LogP) is 1.58. The van der Waals surface area contributed by atoms with Crippen LogP contribution in [-0.2, 0) is 29.0 Å². The maximum atomic E-state index is 13.3. The Hall–Kier alpha value is -1.82. The lowest BCUT2D eigenvalue weighted by Gasteiger charge is -2.36. The van der Waals surface area contributed by atoms with Crippen LogP contribution in [0.4, 0.5) is 0 Å². The molecule has 192 valence electrons. The largest absolute Gasteiger partial charge is 0.397 e. The van der Waals surface area contributed by atoms with Crippen molar-refractivity contribution in [3.63, 3.8) is 0 Å². The van der Waals surface area contributed by atoms with Gasteiger partial charge in [-0.2, -0.15) is 8.42 Å². The number of hydrogen-bond donors (Lipinski definition) is 3. The summed E-state index contributed by atoms with van der Waals surface area (Å²) in [5.74, 6) is -1.51. The second kappa shape index (κ2) is 14.4. The molecule has 0 spiro atoms. The topological polar surface area (TPSA) is 142 Å². The number of carbonyl (C=O) groups is 3. The molecule has 0 aliphatic heterocycles. The fourth-order valence-electron chi connectivity index (χ4n) is 3.46. The molecule has 0 radical (unpaired) electrons. The number of rotatable bonds is 15. The molecule has 1 unspecified atom stereocenters. The summed E-state index contributed by atoms with van der Waals surface area (Å²) >= 11 is 0. The van der Waals surface area contributed by atoms with E-state index in [9.17, 15) is 27.4 Å². The lowest BCUT2D eigenvalue weighted by Crippen LogP contribution is -2.58. The standard InChI is InChI=1S/C22H41N3O7S/c1-9-10-11-16(6)20(32-33(29,30)31)18(13-26)25(8)22(28)19(15(4)5)24-21(27)17(23-7)12-14(2)3/h9-10,13-20,23H,11-12H2,1-8H3,(H,24,27)(H,29,30,31)/b10-9+/t16-,17+,18?,19+,20-/m1/s1. The second-order valence-corrected chi connectivity index (χ2v) is 10.1. The van der Waals surface area contributed by atoms with Gasteiger partial charge in [-0.3, -0.25) is 14.1 Å². The van der Waals surface area contributed by atoms with Crippen molar-refractivity contribution in [3.05, 3.63) is 12.2 Å². The van der Waals surface area contributed by atoms with Crippen molar-refractivity contribution in [2.45, 2.75) is 78.6 Å². The van der Waals surface area contributed by atoms with Crippen molar-refractivity contribution >= 4 is 28.5 Å². The van der Waals surface area contributed by atoms with Crippen molar-refractivity contribution in [1.82, 2.24) is 15.5 Å². The summed E-state index contributed by atoms with van der Waals surface area (Å²) in [7, 11) is -1.88. The number of aldehydes is 1. The lowest BCUT2D eigenvalue weighted by atomic mass is 9.93. The van der Waals surface area contributed by atoms with E-state index in [1.54, 1.807) is 46.9 Å². The van der Waals surface area contributed by atoms with E-state index in [2.05, 4.69) is 10.6 Å². The van der Waals surface area contributed by atoms with Gasteiger partial charge in [0.05, 0.1) is 6.04 Å². The Labute approximate surface area is 198 Å². The maximum absolute atomic E-state index is 13.3. The van der Waals surface area contributed by atoms with E-state index in [0.717, 1.165) is 4.90 Å². The van der Waals surface area contributed by atoms with Crippen LogP contribution >= 0.6 is 0 Å². The summed E-state index contributed by atoms with van der Waals surface area (Å²) in [6, 6.07) is -2.76. The smallest absolute Gasteiger partial charge is 0.343 e. The zero-order valence-corrected chi connectivity index (χ0v) is 21.8. The fourth-order valence-corrected chi connectivity index (χ4v) is 4.05. The van der Waals surface area contributed by atoms with Gasteiger partial charge < -0.3 is 20.3 Å². The molecule has 0 aliphatic carbocycles. The predicted molar refractivity (Wildman–Crippen MR) is 127 cm³/mol. The summed E-state index contributed by atoms with van der Waals surface area (Å²) in [6.07, 6.45) is 3.53. The summed E-state index contributed by atoms with van der Waals surface area (Å²) < 4.78 is 37.0. The van der Waals surface area contributed by atoms with Gasteiger partial charge in [0, 0.05) is 7.05 Å². The molecular weight excluding hydrogens is 450 g/mol. The van der Waals surface area contributed by atoms with Gasteiger partial charge in [-0.15, -0.1) is 0 Å². The van der Waals surface area contributed by atoms with Gasteiger partial charge in [-0.1, -0.05) is 46.8 Å². The highest BCUT2D eigenvalue weighted by atomic mass is 32.3. The van der Waals surface area contributed by atoms with Gasteiger partial charge >= 0.3 is 10.4 Å². The molecule has 11 heteroatoms. The van der Waals surface area contributed by atoms with E-state index in [4.69, 9.17) is 4.18 Å². The molecule has 0 bridgehead atoms. The Kier molecular flexibility index (Phi) is 13.6. The normalized spacial score (nSPS) is 16.9. The van der Waals surface area contributed by atoms with Crippen molar-refractivity contribution in [2.24, 2.45) is 17.8 Å². The first-order valence-electron chi connectivity index (χ1n) is 11.2. The highest BCUT2D eigenvalue weighted by molar-refractivity contribution is 7.80.